The summed E-state index contributed by atoms with van der Waals surface area (Å²) < 4.78 is 2.49. The molecular weight excluding hydrogens is 278 g/mol. The number of hydrogen-bond donors (Lipinski definition) is 1. The van der Waals surface area contributed by atoms with Crippen molar-refractivity contribution in [3.05, 3.63) is 24.0 Å². The molecule has 0 amide bonds. The Bertz CT molecular complexity index is 654. The maximum Gasteiger partial charge on any atom is 0.115 e. The molecule has 0 spiro atoms. The molecule has 2 atom stereocenters. The van der Waals surface area contributed by atoms with E-state index in [0.717, 1.165) is 16.5 Å². The first-order chi connectivity index (χ1) is 9.90. The molecule has 2 unspecified atom stereocenters. The van der Waals surface area contributed by atoms with E-state index >= 15 is 0 Å². The first-order valence-electron chi connectivity index (χ1n) is 7.71. The third-order valence-electron chi connectivity index (χ3n) is 4.44. The number of imidazole rings is 1. The van der Waals surface area contributed by atoms with Gasteiger partial charge < -0.3 is 10.3 Å². The number of nitrogen functional groups attached to an aromatic ring is 1. The summed E-state index contributed by atoms with van der Waals surface area (Å²) in [5.41, 5.74) is 9.05. The van der Waals surface area contributed by atoms with Gasteiger partial charge in [0.25, 0.3) is 0 Å². The predicted octanol–water partition coefficient (Wildman–Crippen LogP) is 4.37. The maximum atomic E-state index is 5.94. The van der Waals surface area contributed by atoms with E-state index in [0.29, 0.717) is 6.04 Å². The summed E-state index contributed by atoms with van der Waals surface area (Å²) in [4.78, 5) is 4.92. The molecule has 3 rings (SSSR count). The van der Waals surface area contributed by atoms with Gasteiger partial charge in [-0.2, -0.15) is 11.8 Å². The van der Waals surface area contributed by atoms with Crippen LogP contribution in [0.5, 0.6) is 0 Å². The van der Waals surface area contributed by atoms with Crippen molar-refractivity contribution >= 4 is 28.5 Å². The summed E-state index contributed by atoms with van der Waals surface area (Å²) in [5, 5.41) is 0.786. The largest absolute Gasteiger partial charge is 0.399 e. The normalized spacial score (nSPS) is 23.0. The standard InChI is InChI=1S/C17H25N3S/c1-17(2,3)16-19-14-9-11(18)5-8-15(14)20(16)12-6-7-13(10-12)21-4/h5,8-9,12-13H,6-7,10,18H2,1-4H3. The Kier molecular flexibility index (Phi) is 3.68. The lowest BCUT2D eigenvalue weighted by Crippen LogP contribution is -2.21. The van der Waals surface area contributed by atoms with Gasteiger partial charge in [-0.1, -0.05) is 20.8 Å². The third-order valence-corrected chi connectivity index (χ3v) is 5.53. The van der Waals surface area contributed by atoms with Gasteiger partial charge in [-0.05, 0) is 43.7 Å². The van der Waals surface area contributed by atoms with Gasteiger partial charge in [0.15, 0.2) is 0 Å². The van der Waals surface area contributed by atoms with E-state index in [4.69, 9.17) is 10.7 Å². The average Bonchev–Trinajstić information content (AvgIpc) is 3.00. The zero-order chi connectivity index (χ0) is 15.2. The van der Waals surface area contributed by atoms with E-state index in [-0.39, 0.29) is 5.41 Å². The number of nitrogens with two attached hydrogens (primary N) is 1. The molecule has 0 aliphatic heterocycles. The minimum atomic E-state index is 0.0469. The number of fused-ring (bicyclic) bond motifs is 1. The van der Waals surface area contributed by atoms with Crippen LogP contribution in [0.15, 0.2) is 18.2 Å². The van der Waals surface area contributed by atoms with Gasteiger partial charge in [0, 0.05) is 22.4 Å². The lowest BCUT2D eigenvalue weighted by Gasteiger charge is -2.24. The number of benzene rings is 1. The van der Waals surface area contributed by atoms with Crippen LogP contribution in [0.25, 0.3) is 11.0 Å². The molecule has 1 aromatic heterocycles. The topological polar surface area (TPSA) is 43.8 Å². The Hall–Kier alpha value is -1.16. The predicted molar refractivity (Wildman–Crippen MR) is 93.0 cm³/mol. The van der Waals surface area contributed by atoms with Gasteiger partial charge in [0.05, 0.1) is 11.0 Å². The molecule has 1 saturated carbocycles. The minimum Gasteiger partial charge on any atom is -0.399 e. The van der Waals surface area contributed by atoms with Gasteiger partial charge in [-0.25, -0.2) is 4.98 Å². The second-order valence-corrected chi connectivity index (χ2v) is 8.27. The Morgan fingerprint density at radius 1 is 1.29 bits per heavy atom. The molecule has 1 fully saturated rings. The van der Waals surface area contributed by atoms with Crippen molar-refractivity contribution in [2.24, 2.45) is 0 Å². The molecule has 0 bridgehead atoms. The molecule has 21 heavy (non-hydrogen) atoms. The Morgan fingerprint density at radius 2 is 2.05 bits per heavy atom. The van der Waals surface area contributed by atoms with Crippen molar-refractivity contribution in [2.75, 3.05) is 12.0 Å². The highest BCUT2D eigenvalue weighted by molar-refractivity contribution is 7.99. The number of aromatic nitrogens is 2. The van der Waals surface area contributed by atoms with Crippen LogP contribution in [0.1, 0.15) is 51.9 Å². The molecule has 0 radical (unpaired) electrons. The lowest BCUT2D eigenvalue weighted by molar-refractivity contribution is 0.446. The van der Waals surface area contributed by atoms with Crippen LogP contribution in [0.4, 0.5) is 5.69 Å². The van der Waals surface area contributed by atoms with Crippen molar-refractivity contribution in [3.63, 3.8) is 0 Å². The molecule has 114 valence electrons. The molecule has 3 nitrogen and oxygen atoms in total. The zero-order valence-corrected chi connectivity index (χ0v) is 14.2. The molecule has 2 N–H and O–H groups in total. The SMILES string of the molecule is CSC1CCC(n2c(C(C)(C)C)nc3cc(N)ccc32)C1. The van der Waals surface area contributed by atoms with Crippen LogP contribution in [0.2, 0.25) is 0 Å². The van der Waals surface area contributed by atoms with E-state index in [1.54, 1.807) is 0 Å². The highest BCUT2D eigenvalue weighted by Crippen LogP contribution is 2.40. The molecule has 4 heteroatoms. The fourth-order valence-electron chi connectivity index (χ4n) is 3.38. The molecular formula is C17H25N3S. The van der Waals surface area contributed by atoms with Crippen molar-refractivity contribution in [2.45, 2.75) is 56.7 Å². The van der Waals surface area contributed by atoms with Crippen molar-refractivity contribution in [1.82, 2.24) is 9.55 Å². The molecule has 2 aromatic rings. The Labute approximate surface area is 131 Å². The van der Waals surface area contributed by atoms with Crippen molar-refractivity contribution in [3.8, 4) is 0 Å². The number of rotatable bonds is 2. The van der Waals surface area contributed by atoms with E-state index in [2.05, 4.69) is 37.7 Å². The van der Waals surface area contributed by atoms with E-state index in [9.17, 15) is 0 Å². The van der Waals surface area contributed by atoms with Crippen LogP contribution < -0.4 is 5.73 Å². The summed E-state index contributed by atoms with van der Waals surface area (Å²) in [6, 6.07) is 6.71. The monoisotopic (exact) mass is 303 g/mol. The first-order valence-corrected chi connectivity index (χ1v) is 8.99. The zero-order valence-electron chi connectivity index (χ0n) is 13.4. The fourth-order valence-corrected chi connectivity index (χ4v) is 4.17. The molecule has 1 aliphatic rings. The van der Waals surface area contributed by atoms with Gasteiger partial charge in [0.2, 0.25) is 0 Å². The Morgan fingerprint density at radius 3 is 2.67 bits per heavy atom. The summed E-state index contributed by atoms with van der Waals surface area (Å²) in [5.74, 6) is 1.19. The second kappa shape index (κ2) is 5.24. The number of nitrogens with zero attached hydrogens (tertiary/aromatic N) is 2. The number of thioether (sulfide) groups is 1. The number of anilines is 1. The molecule has 1 aliphatic carbocycles. The Balaban J connectivity index is 2.14. The second-order valence-electron chi connectivity index (χ2n) is 7.13. The van der Waals surface area contributed by atoms with Crippen LogP contribution in [-0.2, 0) is 5.41 Å². The van der Waals surface area contributed by atoms with Gasteiger partial charge in [-0.15, -0.1) is 0 Å². The van der Waals surface area contributed by atoms with E-state index in [1.165, 1.54) is 30.6 Å². The van der Waals surface area contributed by atoms with E-state index < -0.39 is 0 Å². The van der Waals surface area contributed by atoms with Gasteiger partial charge in [-0.3, -0.25) is 0 Å². The quantitative estimate of drug-likeness (QED) is 0.838. The average molecular weight is 303 g/mol. The fraction of sp³-hybridized carbons (Fsp3) is 0.588. The highest BCUT2D eigenvalue weighted by Gasteiger charge is 2.31. The van der Waals surface area contributed by atoms with Crippen LogP contribution in [0.3, 0.4) is 0 Å². The van der Waals surface area contributed by atoms with E-state index in [1.807, 2.05) is 23.9 Å². The summed E-state index contributed by atoms with van der Waals surface area (Å²) >= 11 is 2.00. The lowest BCUT2D eigenvalue weighted by atomic mass is 9.95. The summed E-state index contributed by atoms with van der Waals surface area (Å²) in [6.45, 7) is 6.74. The van der Waals surface area contributed by atoms with Crippen LogP contribution in [-0.4, -0.2) is 21.1 Å². The van der Waals surface area contributed by atoms with Gasteiger partial charge in [0.1, 0.15) is 5.82 Å². The van der Waals surface area contributed by atoms with Crippen molar-refractivity contribution < 1.29 is 0 Å². The minimum absolute atomic E-state index is 0.0469. The maximum absolute atomic E-state index is 5.94. The first kappa shape index (κ1) is 14.8. The number of hydrogen-bond acceptors (Lipinski definition) is 3. The smallest absolute Gasteiger partial charge is 0.115 e. The molecule has 1 aromatic carbocycles. The van der Waals surface area contributed by atoms with Crippen LogP contribution in [0, 0.1) is 0 Å². The summed E-state index contributed by atoms with van der Waals surface area (Å²) in [6.07, 6.45) is 6.04. The van der Waals surface area contributed by atoms with Gasteiger partial charge >= 0.3 is 0 Å². The summed E-state index contributed by atoms with van der Waals surface area (Å²) in [7, 11) is 0. The van der Waals surface area contributed by atoms with Crippen molar-refractivity contribution in [1.29, 1.82) is 0 Å². The highest BCUT2D eigenvalue weighted by atomic mass is 32.2. The molecule has 1 heterocycles. The molecule has 0 saturated heterocycles. The third kappa shape index (κ3) is 2.66. The van der Waals surface area contributed by atoms with Crippen LogP contribution >= 0.6 is 11.8 Å².